The minimum atomic E-state index is -0.228. The third-order valence-electron chi connectivity index (χ3n) is 3.49. The van der Waals surface area contributed by atoms with Crippen molar-refractivity contribution in [3.8, 4) is 0 Å². The van der Waals surface area contributed by atoms with Gasteiger partial charge in [0.25, 0.3) is 0 Å². The van der Waals surface area contributed by atoms with Crippen LogP contribution in [0.25, 0.3) is 10.9 Å². The number of fused-ring (bicyclic) bond motifs is 1. The molecule has 3 aromatic rings. The minimum absolute atomic E-state index is 0.0103. The zero-order valence-electron chi connectivity index (χ0n) is 11.7. The Morgan fingerprint density at radius 3 is 2.81 bits per heavy atom. The molecule has 1 heterocycles. The van der Waals surface area contributed by atoms with E-state index in [4.69, 9.17) is 5.73 Å². The predicted octanol–water partition coefficient (Wildman–Crippen LogP) is 4.13. The number of nitrogens with two attached hydrogens (primary N) is 1. The summed E-state index contributed by atoms with van der Waals surface area (Å²) in [5.41, 5.74) is 9.16. The summed E-state index contributed by atoms with van der Waals surface area (Å²) in [6.45, 7) is 2.00. The zero-order valence-corrected chi connectivity index (χ0v) is 11.7. The highest BCUT2D eigenvalue weighted by Crippen LogP contribution is 2.27. The summed E-state index contributed by atoms with van der Waals surface area (Å²) in [5.74, 6) is -0.228. The van der Waals surface area contributed by atoms with E-state index in [0.717, 1.165) is 22.2 Å². The first-order valence-electron chi connectivity index (χ1n) is 6.80. The summed E-state index contributed by atoms with van der Waals surface area (Å²) in [4.78, 5) is 4.32. The lowest BCUT2D eigenvalue weighted by Crippen LogP contribution is -2.07. The second kappa shape index (κ2) is 5.40. The molecule has 21 heavy (non-hydrogen) atoms. The number of aromatic nitrogens is 1. The zero-order chi connectivity index (χ0) is 14.8. The van der Waals surface area contributed by atoms with E-state index >= 15 is 0 Å². The molecule has 0 aliphatic carbocycles. The molecule has 0 saturated carbocycles. The van der Waals surface area contributed by atoms with Gasteiger partial charge in [0.15, 0.2) is 0 Å². The van der Waals surface area contributed by atoms with Crippen LogP contribution in [0.2, 0.25) is 0 Å². The van der Waals surface area contributed by atoms with Crippen molar-refractivity contribution in [2.75, 3.05) is 11.1 Å². The average Bonchev–Trinajstić information content (AvgIpc) is 2.47. The molecule has 1 atom stereocenters. The van der Waals surface area contributed by atoms with Crippen LogP contribution in [0.4, 0.5) is 15.8 Å². The minimum Gasteiger partial charge on any atom is -0.399 e. The number of hydrogen-bond donors (Lipinski definition) is 2. The number of benzene rings is 2. The number of hydrogen-bond acceptors (Lipinski definition) is 3. The Balaban J connectivity index is 1.94. The van der Waals surface area contributed by atoms with Crippen LogP contribution in [0.1, 0.15) is 18.5 Å². The summed E-state index contributed by atoms with van der Waals surface area (Å²) in [6, 6.07) is 14.1. The van der Waals surface area contributed by atoms with Gasteiger partial charge in [-0.15, -0.1) is 0 Å². The van der Waals surface area contributed by atoms with Crippen LogP contribution < -0.4 is 11.1 Å². The highest BCUT2D eigenvalue weighted by atomic mass is 19.1. The van der Waals surface area contributed by atoms with E-state index in [1.807, 2.05) is 37.3 Å². The number of nitrogen functional groups attached to an aromatic ring is 1. The lowest BCUT2D eigenvalue weighted by atomic mass is 10.1. The topological polar surface area (TPSA) is 50.9 Å². The summed E-state index contributed by atoms with van der Waals surface area (Å²) in [5, 5.41) is 4.40. The van der Waals surface area contributed by atoms with Crippen LogP contribution in [0.15, 0.2) is 54.7 Å². The number of pyridine rings is 1. The molecule has 3 nitrogen and oxygen atoms in total. The molecule has 0 spiro atoms. The van der Waals surface area contributed by atoms with Crippen molar-refractivity contribution >= 4 is 22.3 Å². The summed E-state index contributed by atoms with van der Waals surface area (Å²) >= 11 is 0. The molecule has 0 bridgehead atoms. The molecule has 2 aromatic carbocycles. The van der Waals surface area contributed by atoms with Crippen LogP contribution in [0.5, 0.6) is 0 Å². The van der Waals surface area contributed by atoms with Crippen LogP contribution in [0, 0.1) is 5.82 Å². The van der Waals surface area contributed by atoms with Gasteiger partial charge in [0.2, 0.25) is 0 Å². The van der Waals surface area contributed by atoms with Gasteiger partial charge in [-0.05, 0) is 48.9 Å². The quantitative estimate of drug-likeness (QED) is 0.710. The molecule has 1 unspecified atom stereocenters. The second-order valence-corrected chi connectivity index (χ2v) is 5.06. The Labute approximate surface area is 122 Å². The first kappa shape index (κ1) is 13.4. The third-order valence-corrected chi connectivity index (χ3v) is 3.49. The van der Waals surface area contributed by atoms with E-state index in [-0.39, 0.29) is 11.9 Å². The van der Waals surface area contributed by atoms with E-state index in [9.17, 15) is 4.39 Å². The largest absolute Gasteiger partial charge is 0.399 e. The Hall–Kier alpha value is -2.62. The smallest absolute Gasteiger partial charge is 0.123 e. The SMILES string of the molecule is CC(Nc1ccnc2cc(N)ccc12)c1cccc(F)c1. The monoisotopic (exact) mass is 281 g/mol. The first-order valence-corrected chi connectivity index (χ1v) is 6.80. The lowest BCUT2D eigenvalue weighted by molar-refractivity contribution is 0.623. The molecule has 4 heteroatoms. The van der Waals surface area contributed by atoms with Crippen LogP contribution >= 0.6 is 0 Å². The highest BCUT2D eigenvalue weighted by molar-refractivity contribution is 5.92. The van der Waals surface area contributed by atoms with Crippen molar-refractivity contribution in [1.82, 2.24) is 4.98 Å². The second-order valence-electron chi connectivity index (χ2n) is 5.06. The first-order chi connectivity index (χ1) is 10.1. The van der Waals surface area contributed by atoms with Crippen LogP contribution in [0.3, 0.4) is 0 Å². The molecule has 0 aliphatic rings. The number of anilines is 2. The van der Waals surface area contributed by atoms with Crippen molar-refractivity contribution in [1.29, 1.82) is 0 Å². The molecule has 0 radical (unpaired) electrons. The molecular formula is C17H16FN3. The maximum Gasteiger partial charge on any atom is 0.123 e. The van der Waals surface area contributed by atoms with Gasteiger partial charge in [-0.2, -0.15) is 0 Å². The number of nitrogens with one attached hydrogen (secondary N) is 1. The fourth-order valence-corrected chi connectivity index (χ4v) is 2.38. The molecule has 3 N–H and O–H groups in total. The predicted molar refractivity (Wildman–Crippen MR) is 84.6 cm³/mol. The maximum atomic E-state index is 13.3. The van der Waals surface area contributed by atoms with Crippen molar-refractivity contribution in [3.05, 3.63) is 66.1 Å². The van der Waals surface area contributed by atoms with Crippen LogP contribution in [-0.4, -0.2) is 4.98 Å². The lowest BCUT2D eigenvalue weighted by Gasteiger charge is -2.17. The Bertz CT molecular complexity index is 786. The summed E-state index contributed by atoms with van der Waals surface area (Å²) < 4.78 is 13.3. The standard InChI is InChI=1S/C17H16FN3/c1-11(12-3-2-4-13(18)9-12)21-16-7-8-20-17-10-14(19)5-6-15(16)17/h2-11H,19H2,1H3,(H,20,21). The molecule has 0 amide bonds. The van der Waals surface area contributed by atoms with Gasteiger partial charge in [-0.3, -0.25) is 4.98 Å². The molecular weight excluding hydrogens is 265 g/mol. The van der Waals surface area contributed by atoms with Gasteiger partial charge in [0.1, 0.15) is 5.82 Å². The van der Waals surface area contributed by atoms with Gasteiger partial charge >= 0.3 is 0 Å². The van der Waals surface area contributed by atoms with Crippen LogP contribution in [-0.2, 0) is 0 Å². The summed E-state index contributed by atoms with van der Waals surface area (Å²) in [7, 11) is 0. The summed E-state index contributed by atoms with van der Waals surface area (Å²) in [6.07, 6.45) is 1.74. The maximum absolute atomic E-state index is 13.3. The molecule has 3 rings (SSSR count). The van der Waals surface area contributed by atoms with Gasteiger partial charge in [-0.1, -0.05) is 12.1 Å². The van der Waals surface area contributed by atoms with E-state index in [2.05, 4.69) is 10.3 Å². The Morgan fingerprint density at radius 2 is 2.00 bits per heavy atom. The van der Waals surface area contributed by atoms with Crippen molar-refractivity contribution in [2.24, 2.45) is 0 Å². The third kappa shape index (κ3) is 2.79. The van der Waals surface area contributed by atoms with Gasteiger partial charge in [0, 0.05) is 29.0 Å². The van der Waals surface area contributed by atoms with E-state index in [1.54, 1.807) is 18.3 Å². The van der Waals surface area contributed by atoms with E-state index < -0.39 is 0 Å². The number of halogens is 1. The molecule has 0 aliphatic heterocycles. The van der Waals surface area contributed by atoms with Gasteiger partial charge in [0.05, 0.1) is 5.52 Å². The fourth-order valence-electron chi connectivity index (χ4n) is 2.38. The highest BCUT2D eigenvalue weighted by Gasteiger charge is 2.09. The number of rotatable bonds is 3. The van der Waals surface area contributed by atoms with Crippen molar-refractivity contribution in [3.63, 3.8) is 0 Å². The van der Waals surface area contributed by atoms with E-state index in [0.29, 0.717) is 5.69 Å². The molecule has 0 saturated heterocycles. The molecule has 0 fully saturated rings. The fraction of sp³-hybridized carbons (Fsp3) is 0.118. The average molecular weight is 281 g/mol. The Kier molecular flexibility index (Phi) is 3.44. The number of nitrogens with zero attached hydrogens (tertiary/aromatic N) is 1. The van der Waals surface area contributed by atoms with E-state index in [1.165, 1.54) is 6.07 Å². The van der Waals surface area contributed by atoms with Crippen molar-refractivity contribution in [2.45, 2.75) is 13.0 Å². The normalized spacial score (nSPS) is 12.3. The van der Waals surface area contributed by atoms with Gasteiger partial charge < -0.3 is 11.1 Å². The van der Waals surface area contributed by atoms with Gasteiger partial charge in [-0.25, -0.2) is 4.39 Å². The Morgan fingerprint density at radius 1 is 1.14 bits per heavy atom. The molecule has 106 valence electrons. The molecule has 1 aromatic heterocycles. The van der Waals surface area contributed by atoms with Crippen molar-refractivity contribution < 1.29 is 4.39 Å².